The molecule has 0 aliphatic carbocycles. The largest absolute Gasteiger partial charge is 0.463 e. The van der Waals surface area contributed by atoms with Gasteiger partial charge in [-0.1, -0.05) is 24.3 Å². The van der Waals surface area contributed by atoms with E-state index in [-0.39, 0.29) is 12.5 Å². The van der Waals surface area contributed by atoms with Crippen molar-refractivity contribution >= 4 is 17.0 Å². The van der Waals surface area contributed by atoms with E-state index in [1.807, 2.05) is 24.3 Å². The molecule has 5 heteroatoms. The van der Waals surface area contributed by atoms with Crippen LogP contribution < -0.4 is 5.32 Å². The van der Waals surface area contributed by atoms with E-state index in [2.05, 4.69) is 10.3 Å². The van der Waals surface area contributed by atoms with E-state index in [1.54, 1.807) is 18.4 Å². The van der Waals surface area contributed by atoms with Crippen LogP contribution in [0, 0.1) is 0 Å². The van der Waals surface area contributed by atoms with Crippen LogP contribution in [0.2, 0.25) is 0 Å². The Morgan fingerprint density at radius 1 is 1.25 bits per heavy atom. The molecule has 2 heterocycles. The van der Waals surface area contributed by atoms with Gasteiger partial charge in [-0.05, 0) is 11.1 Å². The van der Waals surface area contributed by atoms with Gasteiger partial charge in [0.15, 0.2) is 5.58 Å². The second kappa shape index (κ2) is 5.22. The van der Waals surface area contributed by atoms with Gasteiger partial charge in [-0.25, -0.2) is 0 Å². The lowest BCUT2D eigenvalue weighted by atomic mass is 10.1. The number of carbonyl (C=O) groups is 1. The predicted octanol–water partition coefficient (Wildman–Crippen LogP) is 2.18. The minimum absolute atomic E-state index is 0.0402. The number of aliphatic hydroxyl groups excluding tert-OH is 1. The number of hydrogen-bond donors (Lipinski definition) is 3. The highest BCUT2D eigenvalue weighted by molar-refractivity contribution is 5.96. The molecule has 3 aromatic rings. The fraction of sp³-hybridized carbons (Fsp3) is 0.133. The number of aromatic nitrogens is 1. The Hall–Kier alpha value is -2.53. The molecule has 0 radical (unpaired) electrons. The maximum absolute atomic E-state index is 12.0. The lowest BCUT2D eigenvalue weighted by Gasteiger charge is -2.08. The molecule has 0 unspecified atom stereocenters. The molecule has 0 saturated heterocycles. The van der Waals surface area contributed by atoms with Crippen LogP contribution in [0.5, 0.6) is 0 Å². The molecule has 102 valence electrons. The molecule has 0 atom stereocenters. The Morgan fingerprint density at radius 3 is 2.80 bits per heavy atom. The summed E-state index contributed by atoms with van der Waals surface area (Å²) in [6.45, 7) is 0.331. The zero-order valence-electron chi connectivity index (χ0n) is 10.7. The van der Waals surface area contributed by atoms with Gasteiger partial charge in [-0.3, -0.25) is 4.79 Å². The molecule has 0 aliphatic heterocycles. The van der Waals surface area contributed by atoms with Crippen molar-refractivity contribution in [1.82, 2.24) is 10.3 Å². The van der Waals surface area contributed by atoms with Gasteiger partial charge in [0, 0.05) is 18.7 Å². The molecule has 0 fully saturated rings. The van der Waals surface area contributed by atoms with Gasteiger partial charge in [-0.2, -0.15) is 0 Å². The van der Waals surface area contributed by atoms with Gasteiger partial charge >= 0.3 is 0 Å². The van der Waals surface area contributed by atoms with E-state index in [4.69, 9.17) is 4.42 Å². The van der Waals surface area contributed by atoms with Crippen LogP contribution in [0.3, 0.4) is 0 Å². The van der Waals surface area contributed by atoms with Crippen molar-refractivity contribution in [2.45, 2.75) is 13.2 Å². The monoisotopic (exact) mass is 270 g/mol. The first-order chi connectivity index (χ1) is 9.78. The van der Waals surface area contributed by atoms with Crippen LogP contribution in [0.15, 0.2) is 47.1 Å². The molecule has 20 heavy (non-hydrogen) atoms. The van der Waals surface area contributed by atoms with Crippen molar-refractivity contribution in [2.24, 2.45) is 0 Å². The molecule has 3 N–H and O–H groups in total. The van der Waals surface area contributed by atoms with Crippen LogP contribution in [0.25, 0.3) is 11.1 Å². The van der Waals surface area contributed by atoms with E-state index in [0.717, 1.165) is 16.6 Å². The van der Waals surface area contributed by atoms with Gasteiger partial charge in [0.05, 0.1) is 18.4 Å². The summed E-state index contributed by atoms with van der Waals surface area (Å²) in [5.41, 5.74) is 3.63. The van der Waals surface area contributed by atoms with Crippen LogP contribution in [0.1, 0.15) is 21.6 Å². The SMILES string of the molecule is O=C(NCc1ccccc1CO)c1cc2occc2[nH]1. The van der Waals surface area contributed by atoms with E-state index >= 15 is 0 Å². The van der Waals surface area contributed by atoms with Gasteiger partial charge in [0.25, 0.3) is 5.91 Å². The standard InChI is InChI=1S/C15H14N2O3/c18-9-11-4-2-1-3-10(11)8-16-15(19)13-7-14-12(17-13)5-6-20-14/h1-7,17-18H,8-9H2,(H,16,19). The molecular formula is C15H14N2O3. The maximum atomic E-state index is 12.0. The van der Waals surface area contributed by atoms with Crippen molar-refractivity contribution < 1.29 is 14.3 Å². The number of aliphatic hydroxyl groups is 1. The zero-order valence-corrected chi connectivity index (χ0v) is 10.7. The first kappa shape index (κ1) is 12.5. The fourth-order valence-corrected chi connectivity index (χ4v) is 2.13. The summed E-state index contributed by atoms with van der Waals surface area (Å²) >= 11 is 0. The van der Waals surface area contributed by atoms with E-state index in [1.165, 1.54) is 0 Å². The van der Waals surface area contributed by atoms with Crippen molar-refractivity contribution in [1.29, 1.82) is 0 Å². The molecule has 1 amide bonds. The average Bonchev–Trinajstić information content (AvgIpc) is 3.06. The number of nitrogens with one attached hydrogen (secondary N) is 2. The molecular weight excluding hydrogens is 256 g/mol. The Bertz CT molecular complexity index is 714. The highest BCUT2D eigenvalue weighted by Crippen LogP contribution is 2.16. The molecule has 0 spiro atoms. The van der Waals surface area contributed by atoms with Gasteiger partial charge in [0.1, 0.15) is 5.69 Å². The fourth-order valence-electron chi connectivity index (χ4n) is 2.13. The van der Waals surface area contributed by atoms with Gasteiger partial charge in [-0.15, -0.1) is 0 Å². The second-order valence-corrected chi connectivity index (χ2v) is 4.49. The minimum Gasteiger partial charge on any atom is -0.463 e. The summed E-state index contributed by atoms with van der Waals surface area (Å²) in [6.07, 6.45) is 1.57. The third-order valence-electron chi connectivity index (χ3n) is 3.21. The van der Waals surface area contributed by atoms with Crippen molar-refractivity contribution in [3.05, 3.63) is 59.5 Å². The number of furan rings is 1. The number of fused-ring (bicyclic) bond motifs is 1. The Kier molecular flexibility index (Phi) is 3.26. The Morgan fingerprint density at radius 2 is 2.05 bits per heavy atom. The summed E-state index contributed by atoms with van der Waals surface area (Å²) in [4.78, 5) is 15.0. The normalized spacial score (nSPS) is 10.8. The molecule has 0 saturated carbocycles. The number of hydrogen-bond acceptors (Lipinski definition) is 3. The quantitative estimate of drug-likeness (QED) is 0.680. The third kappa shape index (κ3) is 2.31. The zero-order chi connectivity index (χ0) is 13.9. The molecule has 0 aliphatic rings. The second-order valence-electron chi connectivity index (χ2n) is 4.49. The molecule has 5 nitrogen and oxygen atoms in total. The highest BCUT2D eigenvalue weighted by atomic mass is 16.3. The first-order valence-electron chi connectivity index (χ1n) is 6.30. The topological polar surface area (TPSA) is 78.3 Å². The number of benzene rings is 1. The number of H-pyrrole nitrogens is 1. The lowest BCUT2D eigenvalue weighted by molar-refractivity contribution is 0.0946. The van der Waals surface area contributed by atoms with Crippen LogP contribution in [-0.4, -0.2) is 16.0 Å². The average molecular weight is 270 g/mol. The third-order valence-corrected chi connectivity index (χ3v) is 3.21. The van der Waals surface area contributed by atoms with Gasteiger partial charge in [0.2, 0.25) is 0 Å². The molecule has 1 aromatic carbocycles. The van der Waals surface area contributed by atoms with E-state index in [9.17, 15) is 9.90 Å². The highest BCUT2D eigenvalue weighted by Gasteiger charge is 2.11. The minimum atomic E-state index is -0.204. The van der Waals surface area contributed by atoms with Crippen LogP contribution in [0.4, 0.5) is 0 Å². The molecule has 2 aromatic heterocycles. The summed E-state index contributed by atoms with van der Waals surface area (Å²) in [5, 5.41) is 12.1. The number of amides is 1. The smallest absolute Gasteiger partial charge is 0.268 e. The van der Waals surface area contributed by atoms with Gasteiger partial charge < -0.3 is 19.8 Å². The molecule has 3 rings (SSSR count). The summed E-state index contributed by atoms with van der Waals surface area (Å²) in [6, 6.07) is 10.9. The summed E-state index contributed by atoms with van der Waals surface area (Å²) < 4.78 is 5.20. The summed E-state index contributed by atoms with van der Waals surface area (Å²) in [5.74, 6) is -0.204. The maximum Gasteiger partial charge on any atom is 0.268 e. The Balaban J connectivity index is 1.71. The van der Waals surface area contributed by atoms with Crippen LogP contribution >= 0.6 is 0 Å². The Labute approximate surface area is 115 Å². The predicted molar refractivity (Wildman–Crippen MR) is 74.1 cm³/mol. The summed E-state index contributed by atoms with van der Waals surface area (Å²) in [7, 11) is 0. The van der Waals surface area contributed by atoms with Crippen molar-refractivity contribution in [3.63, 3.8) is 0 Å². The lowest BCUT2D eigenvalue weighted by Crippen LogP contribution is -2.23. The van der Waals surface area contributed by atoms with Crippen molar-refractivity contribution in [2.75, 3.05) is 0 Å². The first-order valence-corrected chi connectivity index (χ1v) is 6.30. The number of rotatable bonds is 4. The van der Waals surface area contributed by atoms with Crippen molar-refractivity contribution in [3.8, 4) is 0 Å². The van der Waals surface area contributed by atoms with E-state index in [0.29, 0.717) is 17.8 Å². The molecule has 0 bridgehead atoms. The van der Waals surface area contributed by atoms with Crippen LogP contribution in [-0.2, 0) is 13.2 Å². The number of aromatic amines is 1. The van der Waals surface area contributed by atoms with E-state index < -0.39 is 0 Å². The number of carbonyl (C=O) groups excluding carboxylic acids is 1.